The van der Waals surface area contributed by atoms with Crippen molar-refractivity contribution >= 4 is 90.7 Å². The van der Waals surface area contributed by atoms with Crippen molar-refractivity contribution in [1.82, 2.24) is 9.13 Å². The number of nitrogens with zero attached hydrogens (tertiary/aromatic N) is 3. The van der Waals surface area contributed by atoms with E-state index in [4.69, 9.17) is 0 Å². The molecule has 0 saturated heterocycles. The van der Waals surface area contributed by atoms with Crippen LogP contribution in [0.4, 0.5) is 0 Å². The van der Waals surface area contributed by atoms with Gasteiger partial charge in [0, 0.05) is 59.5 Å². The highest BCUT2D eigenvalue weighted by atomic mass is 32.2. The van der Waals surface area contributed by atoms with Crippen molar-refractivity contribution in [2.24, 2.45) is 0 Å². The van der Waals surface area contributed by atoms with Crippen molar-refractivity contribution < 1.29 is 8.42 Å². The molecule has 0 N–H and O–H groups in total. The lowest BCUT2D eigenvalue weighted by atomic mass is 10.1. The fraction of sp³-hybridized carbons (Fsp3) is 0.0227. The lowest BCUT2D eigenvalue weighted by molar-refractivity contribution is 0.603. The molecule has 0 saturated carbocycles. The van der Waals surface area contributed by atoms with E-state index in [2.05, 4.69) is 112 Å². The van der Waals surface area contributed by atoms with Gasteiger partial charge in [-0.3, -0.25) is 0 Å². The number of thiophene rings is 1. The van der Waals surface area contributed by atoms with Gasteiger partial charge < -0.3 is 9.13 Å². The number of benzene rings is 6. The highest BCUT2D eigenvalue weighted by molar-refractivity contribution is 7.95. The van der Waals surface area contributed by atoms with Gasteiger partial charge in [-0.15, -0.1) is 11.3 Å². The van der Waals surface area contributed by atoms with Crippen LogP contribution in [0.25, 0.3) is 75.2 Å². The highest BCUT2D eigenvalue weighted by Gasteiger charge is 2.24. The van der Waals surface area contributed by atoms with Crippen molar-refractivity contribution in [3.8, 4) is 11.8 Å². The Bertz CT molecular complexity index is 3170. The van der Waals surface area contributed by atoms with E-state index < -0.39 is 9.84 Å². The molecule has 0 unspecified atom stereocenters. The van der Waals surface area contributed by atoms with Gasteiger partial charge >= 0.3 is 0 Å². The summed E-state index contributed by atoms with van der Waals surface area (Å²) in [4.78, 5) is 0.366. The Morgan fingerprint density at radius 3 is 2.12 bits per heavy atom. The molecule has 0 spiro atoms. The van der Waals surface area contributed by atoms with Crippen LogP contribution >= 0.6 is 11.3 Å². The number of fused-ring (bicyclic) bond motifs is 10. The Morgan fingerprint density at radius 1 is 0.608 bits per heavy atom. The lowest BCUT2D eigenvalue weighted by Crippen LogP contribution is -2.03. The normalized spacial score (nSPS) is 13.7. The van der Waals surface area contributed by atoms with E-state index in [0.717, 1.165) is 49.6 Å². The minimum absolute atomic E-state index is 0.160. The Morgan fingerprint density at radius 2 is 1.31 bits per heavy atom. The van der Waals surface area contributed by atoms with Crippen LogP contribution in [-0.2, 0) is 9.84 Å². The zero-order valence-corrected chi connectivity index (χ0v) is 28.7. The standard InChI is InChI=1S/C44H27N3O2S2/c45-27-28-17-20-32(21-18-28)51(48,49)31-12-8-11-30(19-22-31)47-40-26-42-38(34-14-5-7-16-41(34)50-42)25-37(40)36-24-23-35-33-13-4-6-15-39(33)46(43(35)44(36)47)29-9-2-1-3-10-29/h1-10,12-26H,11H2. The van der Waals surface area contributed by atoms with Crippen LogP contribution < -0.4 is 0 Å². The molecule has 0 bridgehead atoms. The second-order valence-corrected chi connectivity index (χ2v) is 15.9. The number of hydrogen-bond acceptors (Lipinski definition) is 4. The van der Waals surface area contributed by atoms with Gasteiger partial charge in [-0.05, 0) is 78.9 Å². The van der Waals surface area contributed by atoms with Gasteiger partial charge in [0.25, 0.3) is 0 Å². The number of nitriles is 1. The van der Waals surface area contributed by atoms with Gasteiger partial charge in [-0.1, -0.05) is 72.8 Å². The molecule has 3 heterocycles. The molecule has 9 aromatic rings. The van der Waals surface area contributed by atoms with Crippen LogP contribution in [-0.4, -0.2) is 17.6 Å². The highest BCUT2D eigenvalue weighted by Crippen LogP contribution is 2.45. The van der Waals surface area contributed by atoms with Crippen molar-refractivity contribution in [3.05, 3.63) is 162 Å². The summed E-state index contributed by atoms with van der Waals surface area (Å²) >= 11 is 1.79. The number of rotatable bonds is 4. The van der Waals surface area contributed by atoms with Crippen molar-refractivity contribution in [2.45, 2.75) is 11.3 Å². The van der Waals surface area contributed by atoms with Gasteiger partial charge in [-0.2, -0.15) is 5.26 Å². The molecule has 1 aliphatic rings. The maximum absolute atomic E-state index is 13.8. The molecule has 10 rings (SSSR count). The molecule has 5 nitrogen and oxygen atoms in total. The molecule has 6 aromatic carbocycles. The van der Waals surface area contributed by atoms with E-state index in [9.17, 15) is 13.7 Å². The summed E-state index contributed by atoms with van der Waals surface area (Å²) in [6, 6.07) is 44.9. The third-order valence-electron chi connectivity index (χ3n) is 10.0. The summed E-state index contributed by atoms with van der Waals surface area (Å²) in [6.07, 6.45) is 7.84. The van der Waals surface area contributed by atoms with Crippen LogP contribution in [0.15, 0.2) is 161 Å². The summed E-state index contributed by atoms with van der Waals surface area (Å²) in [5.74, 6) is 0. The molecule has 0 radical (unpaired) electrons. The third kappa shape index (κ3) is 4.41. The summed E-state index contributed by atoms with van der Waals surface area (Å²) in [5, 5.41) is 16.3. The number of aromatic nitrogens is 2. The molecular formula is C44H27N3O2S2. The summed E-state index contributed by atoms with van der Waals surface area (Å²) < 4.78 is 34.8. The lowest BCUT2D eigenvalue weighted by Gasteiger charge is -2.14. The Hall–Kier alpha value is -6.20. The molecule has 0 fully saturated rings. The van der Waals surface area contributed by atoms with Gasteiger partial charge in [0.05, 0.1) is 43.5 Å². The molecule has 7 heteroatoms. The second kappa shape index (κ2) is 11.2. The maximum Gasteiger partial charge on any atom is 0.206 e. The minimum atomic E-state index is -3.82. The number of hydrogen-bond donors (Lipinski definition) is 0. The number of allylic oxidation sites excluding steroid dienone is 5. The van der Waals surface area contributed by atoms with E-state index in [0.29, 0.717) is 12.0 Å². The monoisotopic (exact) mass is 693 g/mol. The van der Waals surface area contributed by atoms with Crippen LogP contribution in [0, 0.1) is 11.3 Å². The van der Waals surface area contributed by atoms with Gasteiger partial charge in [0.2, 0.25) is 9.84 Å². The van der Waals surface area contributed by atoms with E-state index in [-0.39, 0.29) is 9.80 Å². The van der Waals surface area contributed by atoms with Crippen molar-refractivity contribution in [1.29, 1.82) is 5.26 Å². The maximum atomic E-state index is 13.8. The predicted octanol–water partition coefficient (Wildman–Crippen LogP) is 11.3. The number of para-hydroxylation sites is 2. The smallest absolute Gasteiger partial charge is 0.206 e. The number of sulfone groups is 1. The average molecular weight is 694 g/mol. The average Bonchev–Trinajstić information content (AvgIpc) is 3.73. The summed E-state index contributed by atoms with van der Waals surface area (Å²) in [6.45, 7) is 0. The van der Waals surface area contributed by atoms with Crippen LogP contribution in [0.1, 0.15) is 12.0 Å². The first-order valence-electron chi connectivity index (χ1n) is 16.7. The van der Waals surface area contributed by atoms with E-state index in [1.54, 1.807) is 35.6 Å². The molecule has 0 amide bonds. The molecule has 3 aromatic heterocycles. The van der Waals surface area contributed by atoms with Gasteiger partial charge in [-0.25, -0.2) is 8.42 Å². The molecular weight excluding hydrogens is 667 g/mol. The third-order valence-corrected chi connectivity index (χ3v) is 12.9. The summed E-state index contributed by atoms with van der Waals surface area (Å²) in [7, 11) is -3.82. The molecule has 0 aliphatic heterocycles. The SMILES string of the molecule is N#Cc1ccc(S(=O)(=O)C2=CC=C(n3c4cc5sc6ccccc6c5cc4c4ccc5c6ccccc6n(-c6ccccc6)c5c43)CC=C2)cc1. The molecule has 0 atom stereocenters. The molecule has 1 aliphatic carbocycles. The van der Waals surface area contributed by atoms with Gasteiger partial charge in [0.15, 0.2) is 0 Å². The first-order valence-corrected chi connectivity index (χ1v) is 19.0. The predicted molar refractivity (Wildman–Crippen MR) is 211 cm³/mol. The van der Waals surface area contributed by atoms with Crippen LogP contribution in [0.3, 0.4) is 0 Å². The quantitative estimate of drug-likeness (QED) is 0.184. The molecule has 51 heavy (non-hydrogen) atoms. The molecule has 242 valence electrons. The van der Waals surface area contributed by atoms with E-state index in [1.807, 2.05) is 18.2 Å². The fourth-order valence-corrected chi connectivity index (χ4v) is 10.1. The largest absolute Gasteiger partial charge is 0.311 e. The van der Waals surface area contributed by atoms with Crippen molar-refractivity contribution in [3.63, 3.8) is 0 Å². The van der Waals surface area contributed by atoms with E-state index in [1.165, 1.54) is 37.7 Å². The van der Waals surface area contributed by atoms with Gasteiger partial charge in [0.1, 0.15) is 0 Å². The van der Waals surface area contributed by atoms with Crippen LogP contribution in [0.2, 0.25) is 0 Å². The zero-order valence-electron chi connectivity index (χ0n) is 27.1. The minimum Gasteiger partial charge on any atom is -0.311 e. The first kappa shape index (κ1) is 29.7. The zero-order chi connectivity index (χ0) is 34.3. The van der Waals surface area contributed by atoms with Crippen LogP contribution in [0.5, 0.6) is 0 Å². The fourth-order valence-electron chi connectivity index (χ4n) is 7.70. The van der Waals surface area contributed by atoms with Crippen molar-refractivity contribution in [2.75, 3.05) is 0 Å². The summed E-state index contributed by atoms with van der Waals surface area (Å²) in [5.41, 5.74) is 6.84. The topological polar surface area (TPSA) is 67.8 Å². The first-order chi connectivity index (χ1) is 25.0. The second-order valence-electron chi connectivity index (χ2n) is 12.8. The Labute approximate surface area is 297 Å². The Kier molecular flexibility index (Phi) is 6.50. The van der Waals surface area contributed by atoms with E-state index >= 15 is 0 Å². The Balaban J connectivity index is 1.32.